The first kappa shape index (κ1) is 19.2. The number of hydrogen-bond donors (Lipinski definition) is 2. The van der Waals surface area contributed by atoms with Crippen LogP contribution in [0.25, 0.3) is 0 Å². The van der Waals surface area contributed by atoms with Crippen LogP contribution in [0.15, 0.2) is 0 Å². The molecule has 0 spiro atoms. The van der Waals surface area contributed by atoms with Gasteiger partial charge in [0, 0.05) is 31.2 Å². The molecule has 1 fully saturated rings. The average molecular weight is 338 g/mol. The SMILES string of the molecule is CSCCC(C)NS(=O)(=O)N1CCCCC1CNC(C)C. The first-order valence-corrected chi connectivity index (χ1v) is 10.7. The van der Waals surface area contributed by atoms with Crippen molar-refractivity contribution in [3.05, 3.63) is 0 Å². The highest BCUT2D eigenvalue weighted by Crippen LogP contribution is 2.20. The molecule has 0 aromatic heterocycles. The molecule has 21 heavy (non-hydrogen) atoms. The van der Waals surface area contributed by atoms with Gasteiger partial charge in [0.1, 0.15) is 0 Å². The Hall–Kier alpha value is 0.180. The van der Waals surface area contributed by atoms with Gasteiger partial charge in [-0.2, -0.15) is 29.2 Å². The molecule has 0 bridgehead atoms. The van der Waals surface area contributed by atoms with Crippen molar-refractivity contribution in [2.75, 3.05) is 25.1 Å². The third-order valence-electron chi connectivity index (χ3n) is 3.75. The van der Waals surface area contributed by atoms with E-state index in [1.807, 2.05) is 13.2 Å². The van der Waals surface area contributed by atoms with E-state index in [1.54, 1.807) is 16.1 Å². The summed E-state index contributed by atoms with van der Waals surface area (Å²) < 4.78 is 29.7. The maximum atomic E-state index is 12.6. The second-order valence-corrected chi connectivity index (χ2v) is 8.77. The molecule has 0 aromatic rings. The molecule has 1 rings (SSSR count). The van der Waals surface area contributed by atoms with Crippen LogP contribution in [0.1, 0.15) is 46.5 Å². The van der Waals surface area contributed by atoms with Crippen molar-refractivity contribution in [3.8, 4) is 0 Å². The summed E-state index contributed by atoms with van der Waals surface area (Å²) in [6.45, 7) is 7.49. The summed E-state index contributed by atoms with van der Waals surface area (Å²) in [5, 5.41) is 3.37. The van der Waals surface area contributed by atoms with Gasteiger partial charge in [0.15, 0.2) is 0 Å². The van der Waals surface area contributed by atoms with Gasteiger partial charge in [0.05, 0.1) is 0 Å². The topological polar surface area (TPSA) is 61.4 Å². The number of piperidine rings is 1. The van der Waals surface area contributed by atoms with E-state index in [1.165, 1.54) is 0 Å². The molecule has 5 nitrogen and oxygen atoms in total. The normalized spacial score (nSPS) is 22.6. The largest absolute Gasteiger partial charge is 0.313 e. The third-order valence-corrected chi connectivity index (χ3v) is 6.19. The van der Waals surface area contributed by atoms with Gasteiger partial charge in [0.25, 0.3) is 10.2 Å². The summed E-state index contributed by atoms with van der Waals surface area (Å²) >= 11 is 1.74. The Labute approximate surface area is 134 Å². The van der Waals surface area contributed by atoms with Crippen LogP contribution in [-0.4, -0.2) is 55.9 Å². The molecule has 7 heteroatoms. The monoisotopic (exact) mass is 337 g/mol. The van der Waals surface area contributed by atoms with Crippen LogP contribution in [0.3, 0.4) is 0 Å². The highest BCUT2D eigenvalue weighted by molar-refractivity contribution is 7.98. The Kier molecular flexibility index (Phi) is 8.56. The Balaban J connectivity index is 2.63. The quantitative estimate of drug-likeness (QED) is 0.674. The van der Waals surface area contributed by atoms with Crippen molar-refractivity contribution in [1.29, 1.82) is 0 Å². The lowest BCUT2D eigenvalue weighted by Crippen LogP contribution is -2.54. The van der Waals surface area contributed by atoms with Crippen molar-refractivity contribution in [3.63, 3.8) is 0 Å². The molecule has 2 atom stereocenters. The summed E-state index contributed by atoms with van der Waals surface area (Å²) in [4.78, 5) is 0. The van der Waals surface area contributed by atoms with Crippen molar-refractivity contribution < 1.29 is 8.42 Å². The van der Waals surface area contributed by atoms with E-state index >= 15 is 0 Å². The van der Waals surface area contributed by atoms with Crippen molar-refractivity contribution in [2.45, 2.75) is 64.6 Å². The minimum atomic E-state index is -3.38. The third kappa shape index (κ3) is 6.86. The van der Waals surface area contributed by atoms with Crippen LogP contribution in [0.5, 0.6) is 0 Å². The van der Waals surface area contributed by atoms with Gasteiger partial charge < -0.3 is 5.32 Å². The van der Waals surface area contributed by atoms with Crippen LogP contribution in [0, 0.1) is 0 Å². The summed E-state index contributed by atoms with van der Waals surface area (Å²) in [7, 11) is -3.38. The van der Waals surface area contributed by atoms with E-state index in [-0.39, 0.29) is 12.1 Å². The fourth-order valence-electron chi connectivity index (χ4n) is 2.54. The fourth-order valence-corrected chi connectivity index (χ4v) is 4.83. The van der Waals surface area contributed by atoms with E-state index in [0.29, 0.717) is 12.6 Å². The van der Waals surface area contributed by atoms with E-state index < -0.39 is 10.2 Å². The average Bonchev–Trinajstić information content (AvgIpc) is 2.42. The lowest BCUT2D eigenvalue weighted by molar-refractivity contribution is 0.238. The smallest absolute Gasteiger partial charge is 0.279 e. The van der Waals surface area contributed by atoms with Gasteiger partial charge in [-0.05, 0) is 38.2 Å². The predicted octanol–water partition coefficient (Wildman–Crippen LogP) is 1.81. The molecule has 2 N–H and O–H groups in total. The van der Waals surface area contributed by atoms with Gasteiger partial charge >= 0.3 is 0 Å². The molecule has 1 heterocycles. The van der Waals surface area contributed by atoms with Gasteiger partial charge in [-0.3, -0.25) is 0 Å². The highest BCUT2D eigenvalue weighted by Gasteiger charge is 2.32. The van der Waals surface area contributed by atoms with Gasteiger partial charge in [-0.25, -0.2) is 0 Å². The fraction of sp³-hybridized carbons (Fsp3) is 1.00. The zero-order chi connectivity index (χ0) is 15.9. The molecule has 1 aliphatic rings. The number of hydrogen-bond acceptors (Lipinski definition) is 4. The zero-order valence-corrected chi connectivity index (χ0v) is 15.4. The number of nitrogens with one attached hydrogen (secondary N) is 2. The van der Waals surface area contributed by atoms with E-state index in [9.17, 15) is 8.42 Å². The molecule has 1 saturated heterocycles. The minimum Gasteiger partial charge on any atom is -0.313 e. The molecule has 0 saturated carbocycles. The molecular weight excluding hydrogens is 306 g/mol. The second-order valence-electron chi connectivity index (χ2n) is 6.13. The Morgan fingerprint density at radius 1 is 1.29 bits per heavy atom. The van der Waals surface area contributed by atoms with Crippen molar-refractivity contribution in [2.24, 2.45) is 0 Å². The minimum absolute atomic E-state index is 0.0110. The van der Waals surface area contributed by atoms with Crippen LogP contribution in [0.2, 0.25) is 0 Å². The zero-order valence-electron chi connectivity index (χ0n) is 13.8. The summed E-state index contributed by atoms with van der Waals surface area (Å²) in [5.74, 6) is 0.974. The molecule has 0 amide bonds. The lowest BCUT2D eigenvalue weighted by atomic mass is 10.0. The Morgan fingerprint density at radius 2 is 2.00 bits per heavy atom. The van der Waals surface area contributed by atoms with Crippen LogP contribution in [-0.2, 0) is 10.2 Å². The molecular formula is C14H31N3O2S2. The summed E-state index contributed by atoms with van der Waals surface area (Å²) in [6, 6.07) is 0.444. The number of nitrogens with zero attached hydrogens (tertiary/aromatic N) is 1. The summed E-state index contributed by atoms with van der Waals surface area (Å²) in [5.41, 5.74) is 0. The van der Waals surface area contributed by atoms with Crippen LogP contribution < -0.4 is 10.0 Å². The summed E-state index contributed by atoms with van der Waals surface area (Å²) in [6.07, 6.45) is 5.92. The van der Waals surface area contributed by atoms with Gasteiger partial charge in [-0.15, -0.1) is 0 Å². The van der Waals surface area contributed by atoms with E-state index in [0.717, 1.165) is 38.0 Å². The Morgan fingerprint density at radius 3 is 2.62 bits per heavy atom. The van der Waals surface area contributed by atoms with Gasteiger partial charge in [0.2, 0.25) is 0 Å². The molecule has 2 unspecified atom stereocenters. The number of rotatable bonds is 9. The van der Waals surface area contributed by atoms with Crippen molar-refractivity contribution in [1.82, 2.24) is 14.3 Å². The van der Waals surface area contributed by atoms with E-state index in [2.05, 4.69) is 23.9 Å². The molecule has 1 aliphatic heterocycles. The lowest BCUT2D eigenvalue weighted by Gasteiger charge is -2.36. The van der Waals surface area contributed by atoms with Crippen LogP contribution >= 0.6 is 11.8 Å². The van der Waals surface area contributed by atoms with Crippen molar-refractivity contribution >= 4 is 22.0 Å². The van der Waals surface area contributed by atoms with E-state index in [4.69, 9.17) is 0 Å². The molecule has 126 valence electrons. The standard InChI is InChI=1S/C14H31N3O2S2/c1-12(2)15-11-14-7-5-6-9-17(14)21(18,19)16-13(3)8-10-20-4/h12-16H,5-11H2,1-4H3. The molecule has 0 aromatic carbocycles. The highest BCUT2D eigenvalue weighted by atomic mass is 32.2. The second kappa shape index (κ2) is 9.35. The van der Waals surface area contributed by atoms with Crippen LogP contribution in [0.4, 0.5) is 0 Å². The molecule has 0 aliphatic carbocycles. The predicted molar refractivity (Wildman–Crippen MR) is 92.0 cm³/mol. The maximum Gasteiger partial charge on any atom is 0.279 e. The first-order chi connectivity index (χ1) is 9.86. The Bertz CT molecular complexity index is 388. The first-order valence-electron chi connectivity index (χ1n) is 7.88. The maximum absolute atomic E-state index is 12.6. The van der Waals surface area contributed by atoms with Gasteiger partial charge in [-0.1, -0.05) is 20.3 Å². The molecule has 0 radical (unpaired) electrons. The number of thioether (sulfide) groups is 1.